The quantitative estimate of drug-likeness (QED) is 0.439. The predicted molar refractivity (Wildman–Crippen MR) is 113 cm³/mol. The van der Waals surface area contributed by atoms with Crippen LogP contribution in [-0.4, -0.2) is 20.5 Å². The molecule has 0 spiro atoms. The zero-order valence-electron chi connectivity index (χ0n) is 17.1. The van der Waals surface area contributed by atoms with Crippen LogP contribution in [-0.2, 0) is 11.0 Å². The Morgan fingerprint density at radius 1 is 1.03 bits per heavy atom. The molecule has 6 rings (SSSR count). The molecule has 9 heteroatoms. The summed E-state index contributed by atoms with van der Waals surface area (Å²) < 4.78 is 47.2. The molecule has 1 N–H and O–H groups in total. The monoisotopic (exact) mass is 450 g/mol. The minimum absolute atomic E-state index is 0.0353. The highest BCUT2D eigenvalue weighted by molar-refractivity contribution is 6.01. The second-order valence-corrected chi connectivity index (χ2v) is 8.23. The van der Waals surface area contributed by atoms with Gasteiger partial charge >= 0.3 is 6.18 Å². The van der Waals surface area contributed by atoms with Gasteiger partial charge in [0.15, 0.2) is 5.78 Å². The van der Waals surface area contributed by atoms with Crippen LogP contribution in [0, 0.1) is 0 Å². The van der Waals surface area contributed by atoms with Crippen LogP contribution in [0.5, 0.6) is 0 Å². The van der Waals surface area contributed by atoms with Crippen LogP contribution in [0.2, 0.25) is 0 Å². The number of furan rings is 1. The standard InChI is InChI=1S/C24H17F3N4O2/c25-24(26,27)22-29-23-28-17-11-14(19-9-4-10-33-19)12-18(32)20(17)21(31(23)30-22)16-8-3-6-13-5-1-2-7-15(13)16/h1-10,14,21H,11-12H2,(H,28,29,30)/t14-,21-/m0/s1. The Morgan fingerprint density at radius 2 is 1.85 bits per heavy atom. The molecule has 0 saturated carbocycles. The maximum Gasteiger partial charge on any atom is 0.453 e. The van der Waals surface area contributed by atoms with Gasteiger partial charge in [-0.3, -0.25) is 4.79 Å². The van der Waals surface area contributed by atoms with Crippen LogP contribution in [0.4, 0.5) is 19.1 Å². The van der Waals surface area contributed by atoms with E-state index >= 15 is 0 Å². The lowest BCUT2D eigenvalue weighted by Gasteiger charge is -2.34. The number of hydrogen-bond acceptors (Lipinski definition) is 5. The maximum atomic E-state index is 13.5. The van der Waals surface area contributed by atoms with Gasteiger partial charge in [0.1, 0.15) is 11.8 Å². The predicted octanol–water partition coefficient (Wildman–Crippen LogP) is 5.46. The van der Waals surface area contributed by atoms with Crippen molar-refractivity contribution in [2.75, 3.05) is 5.32 Å². The number of nitrogens with one attached hydrogen (secondary N) is 1. The van der Waals surface area contributed by atoms with E-state index in [4.69, 9.17) is 4.42 Å². The van der Waals surface area contributed by atoms with E-state index in [2.05, 4.69) is 15.4 Å². The van der Waals surface area contributed by atoms with Gasteiger partial charge in [0.25, 0.3) is 5.82 Å². The first-order chi connectivity index (χ1) is 15.9. The third-order valence-electron chi connectivity index (χ3n) is 6.24. The number of allylic oxidation sites excluding steroid dienone is 2. The summed E-state index contributed by atoms with van der Waals surface area (Å²) in [6.45, 7) is 0. The van der Waals surface area contributed by atoms with Gasteiger partial charge in [0.2, 0.25) is 5.95 Å². The van der Waals surface area contributed by atoms with E-state index in [1.807, 2.05) is 42.5 Å². The molecule has 1 aliphatic heterocycles. The van der Waals surface area contributed by atoms with Gasteiger partial charge in [-0.25, -0.2) is 4.68 Å². The Kier molecular flexibility index (Phi) is 4.23. The fourth-order valence-electron chi connectivity index (χ4n) is 4.83. The number of ketones is 1. The van der Waals surface area contributed by atoms with Crippen molar-refractivity contribution >= 4 is 22.5 Å². The molecule has 2 aromatic heterocycles. The molecule has 6 nitrogen and oxygen atoms in total. The van der Waals surface area contributed by atoms with Crippen LogP contribution < -0.4 is 5.32 Å². The number of aromatic nitrogens is 3. The van der Waals surface area contributed by atoms with Gasteiger partial charge in [-0.2, -0.15) is 18.2 Å². The van der Waals surface area contributed by atoms with Gasteiger partial charge in [-0.05, 0) is 34.9 Å². The van der Waals surface area contributed by atoms with Crippen molar-refractivity contribution in [3.05, 3.63) is 89.3 Å². The number of fused-ring (bicyclic) bond motifs is 2. The van der Waals surface area contributed by atoms with E-state index in [-0.39, 0.29) is 24.1 Å². The first-order valence-electron chi connectivity index (χ1n) is 10.5. The van der Waals surface area contributed by atoms with E-state index in [1.54, 1.807) is 18.4 Å². The molecule has 2 aliphatic rings. The summed E-state index contributed by atoms with van der Waals surface area (Å²) in [6.07, 6.45) is -2.55. The number of anilines is 1. The van der Waals surface area contributed by atoms with Gasteiger partial charge in [0, 0.05) is 23.6 Å². The SMILES string of the molecule is O=C1C[C@@H](c2ccco2)CC2=C1[C@H](c1cccc3ccccc13)n1nc(C(F)(F)F)nc1N2. The summed E-state index contributed by atoms with van der Waals surface area (Å²) in [4.78, 5) is 17.2. The van der Waals surface area contributed by atoms with Crippen molar-refractivity contribution in [3.63, 3.8) is 0 Å². The highest BCUT2D eigenvalue weighted by atomic mass is 19.4. The van der Waals surface area contributed by atoms with Gasteiger partial charge in [0.05, 0.1) is 6.26 Å². The smallest absolute Gasteiger partial charge is 0.453 e. The van der Waals surface area contributed by atoms with Gasteiger partial charge in [-0.1, -0.05) is 42.5 Å². The van der Waals surface area contributed by atoms with Gasteiger partial charge < -0.3 is 9.73 Å². The van der Waals surface area contributed by atoms with Crippen molar-refractivity contribution in [3.8, 4) is 0 Å². The van der Waals surface area contributed by atoms with Crippen molar-refractivity contribution in [2.24, 2.45) is 0 Å². The lowest BCUT2D eigenvalue weighted by atomic mass is 9.79. The molecule has 4 aromatic rings. The minimum Gasteiger partial charge on any atom is -0.469 e. The first kappa shape index (κ1) is 19.8. The summed E-state index contributed by atoms with van der Waals surface area (Å²) in [5, 5.41) is 8.53. The van der Waals surface area contributed by atoms with Crippen LogP contribution in [0.15, 0.2) is 76.5 Å². The number of alkyl halides is 3. The fraction of sp³-hybridized carbons (Fsp3) is 0.208. The Hall–Kier alpha value is -3.88. The second-order valence-electron chi connectivity index (χ2n) is 8.23. The van der Waals surface area contributed by atoms with Crippen molar-refractivity contribution in [1.82, 2.24) is 14.8 Å². The largest absolute Gasteiger partial charge is 0.469 e. The lowest BCUT2D eigenvalue weighted by Crippen LogP contribution is -2.33. The zero-order chi connectivity index (χ0) is 22.7. The third kappa shape index (κ3) is 3.14. The molecule has 0 saturated heterocycles. The zero-order valence-corrected chi connectivity index (χ0v) is 17.1. The maximum absolute atomic E-state index is 13.5. The Labute approximate surface area is 185 Å². The number of nitrogens with zero attached hydrogens (tertiary/aromatic N) is 3. The van der Waals surface area contributed by atoms with E-state index in [0.29, 0.717) is 29.0 Å². The number of Topliss-reactive ketones (excluding diaryl/α,β-unsaturated/α-hetero) is 1. The molecule has 0 amide bonds. The Morgan fingerprint density at radius 3 is 2.64 bits per heavy atom. The molecule has 2 aromatic carbocycles. The van der Waals surface area contributed by atoms with Crippen LogP contribution in [0.3, 0.4) is 0 Å². The highest BCUT2D eigenvalue weighted by Crippen LogP contribution is 2.46. The van der Waals surface area contributed by atoms with Crippen molar-refractivity contribution in [1.29, 1.82) is 0 Å². The summed E-state index contributed by atoms with van der Waals surface area (Å²) in [7, 11) is 0. The minimum atomic E-state index is -4.71. The second kappa shape index (κ2) is 7.06. The van der Waals surface area contributed by atoms with Crippen LogP contribution >= 0.6 is 0 Å². The summed E-state index contributed by atoms with van der Waals surface area (Å²) in [5.41, 5.74) is 1.67. The number of carbonyl (C=O) groups excluding carboxylic acids is 1. The molecular formula is C24H17F3N4O2. The van der Waals surface area contributed by atoms with E-state index in [9.17, 15) is 18.0 Å². The lowest BCUT2D eigenvalue weighted by molar-refractivity contribution is -0.145. The number of rotatable bonds is 2. The normalized spacial score (nSPS) is 20.5. The topological polar surface area (TPSA) is 73.0 Å². The molecule has 1 aliphatic carbocycles. The molecule has 0 radical (unpaired) electrons. The number of hydrogen-bond donors (Lipinski definition) is 1. The van der Waals surface area contributed by atoms with Gasteiger partial charge in [-0.15, -0.1) is 5.10 Å². The van der Waals surface area contributed by atoms with Crippen molar-refractivity contribution < 1.29 is 22.4 Å². The Balaban J connectivity index is 1.56. The average molecular weight is 450 g/mol. The Bertz CT molecular complexity index is 1410. The van der Waals surface area contributed by atoms with E-state index in [0.717, 1.165) is 10.8 Å². The number of benzene rings is 2. The molecule has 0 fully saturated rings. The van der Waals surface area contributed by atoms with E-state index in [1.165, 1.54) is 4.68 Å². The van der Waals surface area contributed by atoms with Crippen LogP contribution in [0.1, 0.15) is 41.9 Å². The molecule has 0 bridgehead atoms. The molecule has 33 heavy (non-hydrogen) atoms. The van der Waals surface area contributed by atoms with Crippen molar-refractivity contribution in [2.45, 2.75) is 31.0 Å². The summed E-state index contributed by atoms with van der Waals surface area (Å²) >= 11 is 0. The summed E-state index contributed by atoms with van der Waals surface area (Å²) in [6, 6.07) is 15.9. The molecule has 166 valence electrons. The molecular weight excluding hydrogens is 433 g/mol. The molecule has 2 atom stereocenters. The highest BCUT2D eigenvalue weighted by Gasteiger charge is 2.44. The summed E-state index contributed by atoms with van der Waals surface area (Å²) in [5.74, 6) is -0.972. The number of halogens is 3. The first-order valence-corrected chi connectivity index (χ1v) is 10.5. The number of carbonyl (C=O) groups is 1. The molecule has 0 unspecified atom stereocenters. The van der Waals surface area contributed by atoms with E-state index < -0.39 is 18.0 Å². The average Bonchev–Trinajstić information content (AvgIpc) is 3.47. The van der Waals surface area contributed by atoms with Crippen LogP contribution in [0.25, 0.3) is 10.8 Å². The fourth-order valence-corrected chi connectivity index (χ4v) is 4.83. The molecule has 3 heterocycles. The third-order valence-corrected chi connectivity index (χ3v) is 6.24.